The summed E-state index contributed by atoms with van der Waals surface area (Å²) < 4.78 is 12.3. The lowest BCUT2D eigenvalue weighted by Gasteiger charge is -2.13. The maximum Gasteiger partial charge on any atom is 0.302 e. The lowest BCUT2D eigenvalue weighted by molar-refractivity contribution is -0.0434. The van der Waals surface area contributed by atoms with Crippen LogP contribution in [0, 0.1) is 0 Å². The Kier molecular flexibility index (Phi) is 2.00. The van der Waals surface area contributed by atoms with E-state index in [1.54, 1.807) is 0 Å². The second-order valence-corrected chi connectivity index (χ2v) is 3.78. The van der Waals surface area contributed by atoms with Gasteiger partial charge in [-0.2, -0.15) is 4.98 Å². The highest BCUT2D eigenvalue weighted by atomic mass is 16.6. The first-order valence-corrected chi connectivity index (χ1v) is 4.91. The molecule has 1 aromatic heterocycles. The molecular formula is C9H10N2O5. The van der Waals surface area contributed by atoms with Crippen molar-refractivity contribution in [2.45, 2.75) is 24.5 Å². The minimum absolute atomic E-state index is 0.137. The molecule has 0 amide bonds. The van der Waals surface area contributed by atoms with Gasteiger partial charge in [0.25, 0.3) is 5.56 Å². The number of rotatable bonds is 1. The Morgan fingerprint density at radius 3 is 3.12 bits per heavy atom. The fourth-order valence-electron chi connectivity index (χ4n) is 2.02. The van der Waals surface area contributed by atoms with Crippen LogP contribution in [0.25, 0.3) is 0 Å². The molecule has 0 aromatic carbocycles. The Morgan fingerprint density at radius 1 is 1.56 bits per heavy atom. The first kappa shape index (κ1) is 9.76. The molecule has 2 aliphatic rings. The summed E-state index contributed by atoms with van der Waals surface area (Å²) >= 11 is 0. The summed E-state index contributed by atoms with van der Waals surface area (Å²) in [6, 6.07) is 1.43. The van der Waals surface area contributed by atoms with Crippen LogP contribution in [0.2, 0.25) is 0 Å². The van der Waals surface area contributed by atoms with E-state index in [0.717, 1.165) is 0 Å². The number of aromatic nitrogens is 2. The van der Waals surface area contributed by atoms with E-state index in [-0.39, 0.29) is 12.6 Å². The zero-order valence-electron chi connectivity index (χ0n) is 8.18. The lowest BCUT2D eigenvalue weighted by atomic mass is 10.1. The number of aliphatic hydroxyl groups is 2. The van der Waals surface area contributed by atoms with Gasteiger partial charge in [0.1, 0.15) is 12.2 Å². The molecule has 1 saturated heterocycles. The van der Waals surface area contributed by atoms with Crippen molar-refractivity contribution in [1.82, 2.24) is 9.55 Å². The molecule has 0 aliphatic carbocycles. The van der Waals surface area contributed by atoms with Crippen LogP contribution in [0.15, 0.2) is 17.1 Å². The van der Waals surface area contributed by atoms with Crippen molar-refractivity contribution >= 4 is 0 Å². The number of nitrogens with zero attached hydrogens (tertiary/aromatic N) is 2. The van der Waals surface area contributed by atoms with E-state index in [4.69, 9.17) is 14.6 Å². The highest BCUT2D eigenvalue weighted by Crippen LogP contribution is 2.38. The largest absolute Gasteiger partial charge is 0.453 e. The topological polar surface area (TPSA) is 93.8 Å². The van der Waals surface area contributed by atoms with E-state index in [2.05, 4.69) is 4.98 Å². The summed E-state index contributed by atoms with van der Waals surface area (Å²) in [5, 5.41) is 18.7. The van der Waals surface area contributed by atoms with Gasteiger partial charge in [-0.15, -0.1) is 0 Å². The van der Waals surface area contributed by atoms with Crippen LogP contribution in [-0.2, 0) is 4.74 Å². The maximum absolute atomic E-state index is 11.0. The van der Waals surface area contributed by atoms with Gasteiger partial charge in [0, 0.05) is 12.3 Å². The highest BCUT2D eigenvalue weighted by molar-refractivity contribution is 5.10. The minimum Gasteiger partial charge on any atom is -0.453 e. The second-order valence-electron chi connectivity index (χ2n) is 3.78. The summed E-state index contributed by atoms with van der Waals surface area (Å²) in [5.41, 5.74) is -0.403. The Hall–Kier alpha value is -1.44. The van der Waals surface area contributed by atoms with Gasteiger partial charge < -0.3 is 19.7 Å². The first-order chi connectivity index (χ1) is 7.70. The molecule has 86 valence electrons. The number of ether oxygens (including phenoxy) is 2. The molecule has 2 aliphatic heterocycles. The number of hydrogen-bond acceptors (Lipinski definition) is 6. The molecule has 4 atom stereocenters. The maximum atomic E-state index is 11.0. The average Bonchev–Trinajstić information content (AvgIpc) is 2.75. The quantitative estimate of drug-likeness (QED) is 0.590. The van der Waals surface area contributed by atoms with Gasteiger partial charge in [0.05, 0.1) is 6.61 Å². The molecule has 2 N–H and O–H groups in total. The third-order valence-corrected chi connectivity index (χ3v) is 2.81. The smallest absolute Gasteiger partial charge is 0.302 e. The summed E-state index contributed by atoms with van der Waals surface area (Å²) in [6.45, 7) is -0.277. The van der Waals surface area contributed by atoms with Crippen molar-refractivity contribution in [2.75, 3.05) is 6.61 Å². The second kappa shape index (κ2) is 3.27. The molecule has 0 saturated carbocycles. The van der Waals surface area contributed by atoms with Gasteiger partial charge in [-0.25, -0.2) is 0 Å². The number of aliphatic hydroxyl groups excluding tert-OH is 2. The Bertz CT molecular complexity index is 473. The van der Waals surface area contributed by atoms with E-state index < -0.39 is 30.1 Å². The number of fused-ring (bicyclic) bond motifs is 3. The van der Waals surface area contributed by atoms with Crippen LogP contribution in [0.4, 0.5) is 0 Å². The molecular weight excluding hydrogens is 216 g/mol. The lowest BCUT2D eigenvalue weighted by Crippen LogP contribution is -2.34. The summed E-state index contributed by atoms with van der Waals surface area (Å²) in [5.74, 6) is 0. The van der Waals surface area contributed by atoms with E-state index in [1.807, 2.05) is 0 Å². The van der Waals surface area contributed by atoms with Crippen LogP contribution >= 0.6 is 0 Å². The predicted molar refractivity (Wildman–Crippen MR) is 49.9 cm³/mol. The third-order valence-electron chi connectivity index (χ3n) is 2.81. The van der Waals surface area contributed by atoms with E-state index in [9.17, 15) is 9.90 Å². The van der Waals surface area contributed by atoms with E-state index in [1.165, 1.54) is 16.8 Å². The van der Waals surface area contributed by atoms with Crippen molar-refractivity contribution in [3.63, 3.8) is 0 Å². The van der Waals surface area contributed by atoms with Crippen LogP contribution < -0.4 is 10.3 Å². The standard InChI is InChI=1S/C9H10N2O5/c12-3-4-6(14)7-8(15-4)11-2-1-5(13)10-9(11)16-7/h1-2,4,6-8,12,14H,3H2/t4-,6+,7+,8-/m1/s1. The predicted octanol–water partition coefficient (Wildman–Crippen LogP) is -1.75. The van der Waals surface area contributed by atoms with Crippen molar-refractivity contribution in [1.29, 1.82) is 0 Å². The summed E-state index contributed by atoms with van der Waals surface area (Å²) in [6.07, 6.45) is -1.24. The Balaban J connectivity index is 1.99. The summed E-state index contributed by atoms with van der Waals surface area (Å²) in [7, 11) is 0. The van der Waals surface area contributed by atoms with Crippen molar-refractivity contribution in [2.24, 2.45) is 0 Å². The van der Waals surface area contributed by atoms with Crippen LogP contribution in [0.5, 0.6) is 6.01 Å². The third kappa shape index (κ3) is 1.19. The molecule has 0 unspecified atom stereocenters. The van der Waals surface area contributed by atoms with Gasteiger partial charge in [-0.05, 0) is 0 Å². The van der Waals surface area contributed by atoms with Crippen molar-refractivity contribution in [3.05, 3.63) is 22.6 Å². The molecule has 1 aromatic rings. The SMILES string of the molecule is O=c1ccn2c(n1)O[C@H]1[C@@H](O)[C@@H](CO)O[C@H]12. The zero-order valence-corrected chi connectivity index (χ0v) is 8.18. The van der Waals surface area contributed by atoms with Crippen LogP contribution in [0.3, 0.4) is 0 Å². The van der Waals surface area contributed by atoms with Crippen LogP contribution in [-0.4, -0.2) is 44.7 Å². The fourth-order valence-corrected chi connectivity index (χ4v) is 2.02. The van der Waals surface area contributed by atoms with Gasteiger partial charge in [-0.3, -0.25) is 9.36 Å². The monoisotopic (exact) mass is 226 g/mol. The molecule has 7 heteroatoms. The molecule has 3 heterocycles. The molecule has 0 radical (unpaired) electrons. The van der Waals surface area contributed by atoms with E-state index >= 15 is 0 Å². The average molecular weight is 226 g/mol. The molecule has 0 spiro atoms. The molecule has 7 nitrogen and oxygen atoms in total. The fraction of sp³-hybridized carbons (Fsp3) is 0.556. The summed E-state index contributed by atoms with van der Waals surface area (Å²) in [4.78, 5) is 14.7. The minimum atomic E-state index is -0.924. The molecule has 0 bridgehead atoms. The van der Waals surface area contributed by atoms with Gasteiger partial charge >= 0.3 is 6.01 Å². The van der Waals surface area contributed by atoms with Gasteiger partial charge in [-0.1, -0.05) is 0 Å². The van der Waals surface area contributed by atoms with Gasteiger partial charge in [0.15, 0.2) is 12.3 Å². The van der Waals surface area contributed by atoms with Crippen molar-refractivity contribution in [3.8, 4) is 6.01 Å². The zero-order chi connectivity index (χ0) is 11.3. The first-order valence-electron chi connectivity index (χ1n) is 4.91. The highest BCUT2D eigenvalue weighted by Gasteiger charge is 2.50. The molecule has 1 fully saturated rings. The van der Waals surface area contributed by atoms with Gasteiger partial charge in [0.2, 0.25) is 0 Å². The normalized spacial score (nSPS) is 35.6. The Labute approximate surface area is 89.9 Å². The van der Waals surface area contributed by atoms with Crippen LogP contribution in [0.1, 0.15) is 6.23 Å². The Morgan fingerprint density at radius 2 is 2.38 bits per heavy atom. The number of hydrogen-bond donors (Lipinski definition) is 2. The molecule has 3 rings (SSSR count). The van der Waals surface area contributed by atoms with Crippen molar-refractivity contribution < 1.29 is 19.7 Å². The van der Waals surface area contributed by atoms with E-state index in [0.29, 0.717) is 0 Å². The molecule has 16 heavy (non-hydrogen) atoms.